The first-order chi connectivity index (χ1) is 13.7. The number of hydrogen-bond donors (Lipinski definition) is 0. The third-order valence-corrected chi connectivity index (χ3v) is 4.53. The van der Waals surface area contributed by atoms with Crippen LogP contribution in [0, 0.1) is 10.1 Å². The standard InChI is InChI=1S/C22H16N2O4/c25-14-21-19(12-17-8-4-5-11-23(17)21)20-13-18(24(26)27)9-10-22(20)28-15-16-6-2-1-3-7-16/h1-14H,15H2. The lowest BCUT2D eigenvalue weighted by molar-refractivity contribution is -0.384. The van der Waals surface area contributed by atoms with Crippen molar-refractivity contribution in [1.29, 1.82) is 0 Å². The van der Waals surface area contributed by atoms with E-state index in [0.29, 0.717) is 29.2 Å². The third-order valence-electron chi connectivity index (χ3n) is 4.53. The number of pyridine rings is 1. The van der Waals surface area contributed by atoms with Crippen molar-refractivity contribution >= 4 is 17.5 Å². The van der Waals surface area contributed by atoms with Gasteiger partial charge in [0, 0.05) is 35.0 Å². The highest BCUT2D eigenvalue weighted by Gasteiger charge is 2.19. The fourth-order valence-electron chi connectivity index (χ4n) is 3.18. The van der Waals surface area contributed by atoms with Gasteiger partial charge in [0.25, 0.3) is 5.69 Å². The van der Waals surface area contributed by atoms with Crippen molar-refractivity contribution in [3.05, 3.63) is 100 Å². The summed E-state index contributed by atoms with van der Waals surface area (Å²) in [7, 11) is 0. The number of ether oxygens (including phenoxy) is 1. The van der Waals surface area contributed by atoms with Crippen LogP contribution in [0.5, 0.6) is 5.75 Å². The molecule has 2 heterocycles. The Labute approximate surface area is 160 Å². The van der Waals surface area contributed by atoms with Gasteiger partial charge >= 0.3 is 0 Å². The monoisotopic (exact) mass is 372 g/mol. The Hall–Kier alpha value is -3.93. The first kappa shape index (κ1) is 17.5. The maximum absolute atomic E-state index is 11.8. The predicted molar refractivity (Wildman–Crippen MR) is 106 cm³/mol. The van der Waals surface area contributed by atoms with Crippen molar-refractivity contribution in [2.24, 2.45) is 0 Å². The highest BCUT2D eigenvalue weighted by molar-refractivity contribution is 5.92. The Balaban J connectivity index is 1.83. The molecule has 6 heteroatoms. The molecule has 0 aliphatic rings. The van der Waals surface area contributed by atoms with Crippen molar-refractivity contribution in [3.8, 4) is 16.9 Å². The van der Waals surface area contributed by atoms with E-state index in [1.807, 2.05) is 54.6 Å². The zero-order valence-corrected chi connectivity index (χ0v) is 14.8. The molecule has 0 N–H and O–H groups in total. The number of non-ortho nitro benzene ring substituents is 1. The Morgan fingerprint density at radius 3 is 2.50 bits per heavy atom. The van der Waals surface area contributed by atoms with Crippen LogP contribution < -0.4 is 4.74 Å². The number of aromatic nitrogens is 1. The van der Waals surface area contributed by atoms with Crippen LogP contribution in [-0.4, -0.2) is 15.6 Å². The number of carbonyl (C=O) groups is 1. The van der Waals surface area contributed by atoms with Crippen molar-refractivity contribution in [2.45, 2.75) is 6.61 Å². The van der Waals surface area contributed by atoms with Gasteiger partial charge in [-0.05, 0) is 29.8 Å². The molecule has 0 radical (unpaired) electrons. The second-order valence-corrected chi connectivity index (χ2v) is 6.27. The molecular formula is C22H16N2O4. The summed E-state index contributed by atoms with van der Waals surface area (Å²) in [5.74, 6) is 0.480. The average molecular weight is 372 g/mol. The molecule has 2 aromatic heterocycles. The first-order valence-corrected chi connectivity index (χ1v) is 8.68. The average Bonchev–Trinajstić information content (AvgIpc) is 3.11. The molecule has 138 valence electrons. The van der Waals surface area contributed by atoms with E-state index < -0.39 is 4.92 Å². The molecule has 0 atom stereocenters. The van der Waals surface area contributed by atoms with Crippen LogP contribution in [0.2, 0.25) is 0 Å². The topological polar surface area (TPSA) is 73.8 Å². The van der Waals surface area contributed by atoms with Gasteiger partial charge in [-0.25, -0.2) is 0 Å². The Bertz CT molecular complexity index is 1170. The van der Waals surface area contributed by atoms with Gasteiger partial charge in [0.1, 0.15) is 12.4 Å². The third kappa shape index (κ3) is 3.23. The number of nitro benzene ring substituents is 1. The normalized spacial score (nSPS) is 10.7. The fraction of sp³-hybridized carbons (Fsp3) is 0.0455. The number of nitro groups is 1. The van der Waals surface area contributed by atoms with Gasteiger partial charge in [-0.1, -0.05) is 36.4 Å². The molecule has 0 saturated heterocycles. The molecule has 0 bridgehead atoms. The molecular weight excluding hydrogens is 356 g/mol. The molecule has 6 nitrogen and oxygen atoms in total. The van der Waals surface area contributed by atoms with E-state index >= 15 is 0 Å². The largest absolute Gasteiger partial charge is 0.488 e. The molecule has 4 rings (SSSR count). The number of aldehydes is 1. The van der Waals surface area contributed by atoms with Crippen LogP contribution in [0.25, 0.3) is 16.6 Å². The number of fused-ring (bicyclic) bond motifs is 1. The van der Waals surface area contributed by atoms with Gasteiger partial charge in [0.2, 0.25) is 0 Å². The molecule has 28 heavy (non-hydrogen) atoms. The van der Waals surface area contributed by atoms with Gasteiger partial charge in [-0.15, -0.1) is 0 Å². The minimum absolute atomic E-state index is 0.0610. The number of carbonyl (C=O) groups excluding carboxylic acids is 1. The smallest absolute Gasteiger partial charge is 0.270 e. The lowest BCUT2D eigenvalue weighted by atomic mass is 10.0. The highest BCUT2D eigenvalue weighted by atomic mass is 16.6. The van der Waals surface area contributed by atoms with E-state index in [1.54, 1.807) is 16.7 Å². The quantitative estimate of drug-likeness (QED) is 0.274. The van der Waals surface area contributed by atoms with E-state index in [-0.39, 0.29) is 5.69 Å². The van der Waals surface area contributed by atoms with Crippen LogP contribution in [0.3, 0.4) is 0 Å². The Morgan fingerprint density at radius 2 is 1.75 bits per heavy atom. The zero-order valence-electron chi connectivity index (χ0n) is 14.8. The van der Waals surface area contributed by atoms with Crippen LogP contribution in [-0.2, 0) is 6.61 Å². The molecule has 4 aromatic rings. The lowest BCUT2D eigenvalue weighted by Crippen LogP contribution is -1.99. The van der Waals surface area contributed by atoms with Gasteiger partial charge in [0.15, 0.2) is 6.29 Å². The fourth-order valence-corrected chi connectivity index (χ4v) is 3.18. The Kier molecular flexibility index (Phi) is 4.60. The summed E-state index contributed by atoms with van der Waals surface area (Å²) in [6, 6.07) is 21.5. The highest BCUT2D eigenvalue weighted by Crippen LogP contribution is 2.37. The Morgan fingerprint density at radius 1 is 0.964 bits per heavy atom. The summed E-state index contributed by atoms with van der Waals surface area (Å²) in [4.78, 5) is 22.6. The summed E-state index contributed by atoms with van der Waals surface area (Å²) in [5, 5.41) is 11.3. The van der Waals surface area contributed by atoms with Gasteiger partial charge < -0.3 is 9.14 Å². The summed E-state index contributed by atoms with van der Waals surface area (Å²) >= 11 is 0. The lowest BCUT2D eigenvalue weighted by Gasteiger charge is -2.11. The van der Waals surface area contributed by atoms with E-state index in [0.717, 1.165) is 17.4 Å². The van der Waals surface area contributed by atoms with Crippen molar-refractivity contribution in [2.75, 3.05) is 0 Å². The maximum Gasteiger partial charge on any atom is 0.270 e. The molecule has 0 unspecified atom stereocenters. The van der Waals surface area contributed by atoms with Gasteiger partial charge in [0.05, 0.1) is 10.6 Å². The molecule has 0 aliphatic carbocycles. The minimum Gasteiger partial charge on any atom is -0.488 e. The molecule has 2 aromatic carbocycles. The van der Waals surface area contributed by atoms with Crippen molar-refractivity contribution in [1.82, 2.24) is 4.40 Å². The second kappa shape index (κ2) is 7.36. The van der Waals surface area contributed by atoms with E-state index in [9.17, 15) is 14.9 Å². The van der Waals surface area contributed by atoms with E-state index in [1.165, 1.54) is 12.1 Å². The van der Waals surface area contributed by atoms with Gasteiger partial charge in [-0.3, -0.25) is 14.9 Å². The zero-order chi connectivity index (χ0) is 19.5. The van der Waals surface area contributed by atoms with Crippen LogP contribution in [0.15, 0.2) is 79.0 Å². The van der Waals surface area contributed by atoms with Crippen LogP contribution in [0.1, 0.15) is 16.1 Å². The second-order valence-electron chi connectivity index (χ2n) is 6.27. The summed E-state index contributed by atoms with van der Waals surface area (Å²) in [5.41, 5.74) is 3.25. The van der Waals surface area contributed by atoms with E-state index in [4.69, 9.17) is 4.74 Å². The van der Waals surface area contributed by atoms with Crippen molar-refractivity contribution < 1.29 is 14.5 Å². The first-order valence-electron chi connectivity index (χ1n) is 8.68. The number of benzene rings is 2. The predicted octanol–water partition coefficient (Wildman–Crippen LogP) is 4.91. The molecule has 0 aliphatic heterocycles. The number of hydrogen-bond acceptors (Lipinski definition) is 4. The SMILES string of the molecule is O=Cc1c(-c2cc([N+](=O)[O-])ccc2OCc2ccccc2)cc2ccccn12. The number of rotatable bonds is 6. The van der Waals surface area contributed by atoms with E-state index in [2.05, 4.69) is 0 Å². The molecule has 0 fully saturated rings. The minimum atomic E-state index is -0.457. The number of nitrogens with zero attached hydrogens (tertiary/aromatic N) is 2. The summed E-state index contributed by atoms with van der Waals surface area (Å²) in [6.45, 7) is 0.315. The maximum atomic E-state index is 11.8. The summed E-state index contributed by atoms with van der Waals surface area (Å²) in [6.07, 6.45) is 2.53. The molecule has 0 amide bonds. The van der Waals surface area contributed by atoms with Crippen LogP contribution in [0.4, 0.5) is 5.69 Å². The molecule has 0 saturated carbocycles. The van der Waals surface area contributed by atoms with Gasteiger partial charge in [-0.2, -0.15) is 0 Å². The van der Waals surface area contributed by atoms with Crippen LogP contribution >= 0.6 is 0 Å². The molecule has 0 spiro atoms. The van der Waals surface area contributed by atoms with Crippen molar-refractivity contribution in [3.63, 3.8) is 0 Å². The summed E-state index contributed by atoms with van der Waals surface area (Å²) < 4.78 is 7.71.